The fraction of sp³-hybridized carbons (Fsp3) is 0.667. The molecule has 0 saturated carbocycles. The number of hydrogen-bond acceptors (Lipinski definition) is 3. The number of rotatable bonds is 3. The normalized spacial score (nSPS) is 13.2. The fourth-order valence-corrected chi connectivity index (χ4v) is 0.332. The van der Waals surface area contributed by atoms with Crippen LogP contribution in [-0.2, 0) is 9.53 Å². The quantitative estimate of drug-likeness (QED) is 0.633. The van der Waals surface area contributed by atoms with Crippen molar-refractivity contribution in [3.8, 4) is 12.3 Å². The zero-order chi connectivity index (χ0) is 10.9. The lowest BCUT2D eigenvalue weighted by Gasteiger charge is -2.07. The molecule has 2 unspecified atom stereocenters. The van der Waals surface area contributed by atoms with Crippen LogP contribution in [0, 0.1) is 12.3 Å². The summed E-state index contributed by atoms with van der Waals surface area (Å²) in [6.45, 7) is 4.82. The van der Waals surface area contributed by atoms with Gasteiger partial charge >= 0.3 is 0 Å². The van der Waals surface area contributed by atoms with Gasteiger partial charge in [0.2, 0.25) is 0 Å². The molecule has 0 aromatic carbocycles. The Morgan fingerprint density at radius 3 is 2.23 bits per heavy atom. The predicted molar refractivity (Wildman–Crippen MR) is 49.2 cm³/mol. The highest BCUT2D eigenvalue weighted by atomic mass is 16.5. The molecule has 2 atom stereocenters. The molecule has 0 heterocycles. The average molecular weight is 188 g/mol. The number of carbonyl (C=O) groups is 1. The first-order chi connectivity index (χ1) is 5.90. The second-order valence-corrected chi connectivity index (χ2v) is 2.51. The van der Waals surface area contributed by atoms with Crippen LogP contribution in [0.15, 0.2) is 0 Å². The highest BCUT2D eigenvalue weighted by Gasteiger charge is 1.98. The molecular formula is C9H16O4. The third kappa shape index (κ3) is 24.8. The molecule has 4 heteroatoms. The Hall–Kier alpha value is -1.05. The van der Waals surface area contributed by atoms with E-state index in [-0.39, 0.29) is 6.10 Å². The summed E-state index contributed by atoms with van der Waals surface area (Å²) in [5.41, 5.74) is 0. The van der Waals surface area contributed by atoms with Crippen LogP contribution in [0.4, 0.5) is 0 Å². The molecule has 0 saturated heterocycles. The molecule has 76 valence electrons. The fourth-order valence-electron chi connectivity index (χ4n) is 0.332. The average Bonchev–Trinajstić information content (AvgIpc) is 1.99. The van der Waals surface area contributed by atoms with E-state index < -0.39 is 12.1 Å². The van der Waals surface area contributed by atoms with Gasteiger partial charge in [0, 0.05) is 6.92 Å². The summed E-state index contributed by atoms with van der Waals surface area (Å²) >= 11 is 0. The topological polar surface area (TPSA) is 66.8 Å². The van der Waals surface area contributed by atoms with Crippen LogP contribution in [0.3, 0.4) is 0 Å². The Bertz CT molecular complexity index is 165. The number of terminal acetylenes is 1. The maximum absolute atomic E-state index is 9.00. The van der Waals surface area contributed by atoms with E-state index in [1.54, 1.807) is 13.8 Å². The number of carboxylic acid groups (broad SMARTS) is 1. The molecule has 0 bridgehead atoms. The Labute approximate surface area is 78.5 Å². The minimum Gasteiger partial charge on any atom is -0.481 e. The highest BCUT2D eigenvalue weighted by Crippen LogP contribution is 1.89. The first-order valence-corrected chi connectivity index (χ1v) is 3.85. The van der Waals surface area contributed by atoms with Crippen LogP contribution in [-0.4, -0.2) is 35.0 Å². The lowest BCUT2D eigenvalue weighted by molar-refractivity contribution is -0.134. The summed E-state index contributed by atoms with van der Waals surface area (Å²) in [7, 11) is 0. The van der Waals surface area contributed by atoms with Crippen molar-refractivity contribution in [3.63, 3.8) is 0 Å². The Kier molecular flexibility index (Phi) is 10.1. The molecule has 0 aromatic rings. The van der Waals surface area contributed by atoms with Crippen molar-refractivity contribution in [1.82, 2.24) is 0 Å². The zero-order valence-electron chi connectivity index (χ0n) is 8.15. The molecule has 13 heavy (non-hydrogen) atoms. The largest absolute Gasteiger partial charge is 0.481 e. The van der Waals surface area contributed by atoms with Gasteiger partial charge in [-0.2, -0.15) is 0 Å². The summed E-state index contributed by atoms with van der Waals surface area (Å²) in [6, 6.07) is 0. The van der Waals surface area contributed by atoms with E-state index in [0.717, 1.165) is 6.92 Å². The third-order valence-electron chi connectivity index (χ3n) is 0.822. The van der Waals surface area contributed by atoms with Gasteiger partial charge in [-0.25, -0.2) is 0 Å². The van der Waals surface area contributed by atoms with Crippen molar-refractivity contribution in [2.75, 3.05) is 6.61 Å². The predicted octanol–water partition coefficient (Wildman–Crippen LogP) is 0.496. The Morgan fingerprint density at radius 2 is 2.00 bits per heavy atom. The molecule has 0 aliphatic carbocycles. The molecular weight excluding hydrogens is 172 g/mol. The molecule has 0 spiro atoms. The van der Waals surface area contributed by atoms with Gasteiger partial charge in [0.05, 0.1) is 12.7 Å². The molecule has 0 rings (SSSR count). The Balaban J connectivity index is 0. The van der Waals surface area contributed by atoms with Gasteiger partial charge in [0.15, 0.2) is 0 Å². The second-order valence-electron chi connectivity index (χ2n) is 2.51. The first-order valence-electron chi connectivity index (χ1n) is 3.85. The van der Waals surface area contributed by atoms with Gasteiger partial charge in [0.25, 0.3) is 5.97 Å². The van der Waals surface area contributed by atoms with Crippen molar-refractivity contribution in [3.05, 3.63) is 0 Å². The number of aliphatic hydroxyl groups excluding tert-OH is 1. The van der Waals surface area contributed by atoms with E-state index in [2.05, 4.69) is 5.92 Å². The van der Waals surface area contributed by atoms with Crippen molar-refractivity contribution >= 4 is 5.97 Å². The molecule has 2 N–H and O–H groups in total. The number of aliphatic hydroxyl groups is 1. The third-order valence-corrected chi connectivity index (χ3v) is 0.822. The SMILES string of the molecule is C#CC(C)OCC(C)O.CC(=O)O. The molecule has 0 aliphatic heterocycles. The molecule has 0 radical (unpaired) electrons. The van der Waals surface area contributed by atoms with Crippen molar-refractivity contribution < 1.29 is 19.7 Å². The van der Waals surface area contributed by atoms with Crippen LogP contribution < -0.4 is 0 Å². The van der Waals surface area contributed by atoms with Crippen LogP contribution in [0.1, 0.15) is 20.8 Å². The van der Waals surface area contributed by atoms with E-state index in [9.17, 15) is 0 Å². The standard InChI is InChI=1S/C7H12O2.C2H4O2/c1-4-7(3)9-5-6(2)8;1-2(3)4/h1,6-8H,5H2,2-3H3;1H3,(H,3,4). The lowest BCUT2D eigenvalue weighted by Crippen LogP contribution is -2.15. The minimum absolute atomic E-state index is 0.195. The van der Waals surface area contributed by atoms with Gasteiger partial charge < -0.3 is 14.9 Å². The molecule has 0 fully saturated rings. The summed E-state index contributed by atoms with van der Waals surface area (Å²) in [5, 5.41) is 16.1. The lowest BCUT2D eigenvalue weighted by atomic mass is 10.4. The number of ether oxygens (including phenoxy) is 1. The van der Waals surface area contributed by atoms with Crippen molar-refractivity contribution in [2.45, 2.75) is 33.0 Å². The first kappa shape index (κ1) is 14.5. The van der Waals surface area contributed by atoms with E-state index in [1.165, 1.54) is 0 Å². The number of aliphatic carboxylic acids is 1. The van der Waals surface area contributed by atoms with E-state index in [1.807, 2.05) is 0 Å². The number of hydrogen-bond donors (Lipinski definition) is 2. The van der Waals surface area contributed by atoms with Gasteiger partial charge in [-0.1, -0.05) is 5.92 Å². The maximum Gasteiger partial charge on any atom is 0.300 e. The van der Waals surface area contributed by atoms with E-state index in [4.69, 9.17) is 26.2 Å². The smallest absolute Gasteiger partial charge is 0.300 e. The van der Waals surface area contributed by atoms with E-state index in [0.29, 0.717) is 6.61 Å². The molecule has 4 nitrogen and oxygen atoms in total. The van der Waals surface area contributed by atoms with Crippen LogP contribution in [0.25, 0.3) is 0 Å². The summed E-state index contributed by atoms with van der Waals surface area (Å²) < 4.78 is 4.97. The van der Waals surface area contributed by atoms with E-state index >= 15 is 0 Å². The van der Waals surface area contributed by atoms with Crippen molar-refractivity contribution in [2.24, 2.45) is 0 Å². The van der Waals surface area contributed by atoms with Gasteiger partial charge in [-0.05, 0) is 13.8 Å². The highest BCUT2D eigenvalue weighted by molar-refractivity contribution is 5.62. The molecule has 0 aliphatic rings. The Morgan fingerprint density at radius 1 is 1.62 bits per heavy atom. The van der Waals surface area contributed by atoms with Crippen LogP contribution in [0.2, 0.25) is 0 Å². The minimum atomic E-state index is -0.833. The van der Waals surface area contributed by atoms with Crippen LogP contribution in [0.5, 0.6) is 0 Å². The second kappa shape index (κ2) is 9.04. The van der Waals surface area contributed by atoms with Gasteiger partial charge in [-0.15, -0.1) is 6.42 Å². The van der Waals surface area contributed by atoms with Crippen molar-refractivity contribution in [1.29, 1.82) is 0 Å². The number of carboxylic acids is 1. The van der Waals surface area contributed by atoms with Crippen LogP contribution >= 0.6 is 0 Å². The van der Waals surface area contributed by atoms with Gasteiger partial charge in [-0.3, -0.25) is 4.79 Å². The maximum atomic E-state index is 9.00. The molecule has 0 aromatic heterocycles. The van der Waals surface area contributed by atoms with Gasteiger partial charge in [0.1, 0.15) is 6.10 Å². The zero-order valence-corrected chi connectivity index (χ0v) is 8.15. The molecule has 0 amide bonds. The summed E-state index contributed by atoms with van der Waals surface area (Å²) in [4.78, 5) is 9.00. The summed E-state index contributed by atoms with van der Waals surface area (Å²) in [5.74, 6) is 1.55. The summed E-state index contributed by atoms with van der Waals surface area (Å²) in [6.07, 6.45) is 4.38. The monoisotopic (exact) mass is 188 g/mol.